The number of halogens is 1. The van der Waals surface area contributed by atoms with Gasteiger partial charge in [0.1, 0.15) is 0 Å². The third-order valence-corrected chi connectivity index (χ3v) is 5.89. The smallest absolute Gasteiger partial charge is 0.191 e. The fraction of sp³-hybridized carbons (Fsp3) is 0.545. The molecule has 0 amide bonds. The number of aliphatic imine (C=N–C) groups is 1. The van der Waals surface area contributed by atoms with Crippen LogP contribution >= 0.6 is 35.3 Å². The summed E-state index contributed by atoms with van der Waals surface area (Å²) in [5, 5.41) is 7.95. The molecule has 0 aliphatic rings. The molecule has 0 aliphatic heterocycles. The van der Waals surface area contributed by atoms with Gasteiger partial charge in [0.15, 0.2) is 5.96 Å². The van der Waals surface area contributed by atoms with E-state index >= 15 is 0 Å². The summed E-state index contributed by atoms with van der Waals surface area (Å²) in [5.41, 5.74) is 3.74. The summed E-state index contributed by atoms with van der Waals surface area (Å²) in [7, 11) is 0. The van der Waals surface area contributed by atoms with Crippen molar-refractivity contribution in [3.8, 4) is 0 Å². The Morgan fingerprint density at radius 2 is 1.83 bits per heavy atom. The summed E-state index contributed by atoms with van der Waals surface area (Å²) < 4.78 is 0. The van der Waals surface area contributed by atoms with Crippen molar-refractivity contribution in [3.05, 3.63) is 51.0 Å². The highest BCUT2D eigenvalue weighted by atomic mass is 127. The summed E-state index contributed by atoms with van der Waals surface area (Å²) in [5.74, 6) is 0.863. The second kappa shape index (κ2) is 13.9. The number of aryl methyl sites for hydroxylation is 2. The van der Waals surface area contributed by atoms with Crippen LogP contribution in [-0.4, -0.2) is 42.0 Å². The molecule has 0 unspecified atom stereocenters. The van der Waals surface area contributed by atoms with Gasteiger partial charge in [-0.2, -0.15) is 0 Å². The average molecular weight is 530 g/mol. The number of guanidine groups is 1. The monoisotopic (exact) mass is 529 g/mol. The molecule has 0 fully saturated rings. The normalized spacial score (nSPS) is 11.4. The number of rotatable bonds is 10. The third kappa shape index (κ3) is 9.00. The second-order valence-corrected chi connectivity index (χ2v) is 8.19. The van der Waals surface area contributed by atoms with E-state index in [2.05, 4.69) is 79.4 Å². The van der Waals surface area contributed by atoms with E-state index in [-0.39, 0.29) is 24.0 Å². The Hall–Kier alpha value is -1.19. The minimum absolute atomic E-state index is 0. The maximum Gasteiger partial charge on any atom is 0.191 e. The van der Waals surface area contributed by atoms with Crippen LogP contribution in [0.5, 0.6) is 0 Å². The molecule has 5 nitrogen and oxygen atoms in total. The third-order valence-electron chi connectivity index (χ3n) is 4.76. The minimum Gasteiger partial charge on any atom is -0.357 e. The standard InChI is InChI=1S/C22H35N5S.HI/c1-6-23-22(24-13-12-21-26-17(4)18(5)28-21)25-15-19-10-9-11-20(14-19)16-27(7-2)8-3;/h9-11,14H,6-8,12-13,15-16H2,1-5H3,(H2,23,24,25);1H. The number of benzene rings is 1. The summed E-state index contributed by atoms with van der Waals surface area (Å²) in [6.45, 7) is 16.2. The molecule has 2 aromatic rings. The number of nitrogens with one attached hydrogen (secondary N) is 2. The topological polar surface area (TPSA) is 52.6 Å². The van der Waals surface area contributed by atoms with E-state index in [1.54, 1.807) is 11.3 Å². The maximum atomic E-state index is 4.76. The summed E-state index contributed by atoms with van der Waals surface area (Å²) in [6, 6.07) is 8.76. The molecule has 1 heterocycles. The molecule has 0 aliphatic carbocycles. The molecule has 0 radical (unpaired) electrons. The number of hydrogen-bond donors (Lipinski definition) is 2. The van der Waals surface area contributed by atoms with Crippen molar-refractivity contribution >= 4 is 41.3 Å². The molecule has 0 spiro atoms. The van der Waals surface area contributed by atoms with E-state index in [4.69, 9.17) is 4.99 Å². The lowest BCUT2D eigenvalue weighted by molar-refractivity contribution is 0.296. The van der Waals surface area contributed by atoms with Gasteiger partial charge in [0.05, 0.1) is 17.2 Å². The first-order valence-corrected chi connectivity index (χ1v) is 11.1. The molecule has 2 rings (SSSR count). The van der Waals surface area contributed by atoms with Gasteiger partial charge in [0.2, 0.25) is 0 Å². The maximum absolute atomic E-state index is 4.76. The molecular formula is C22H36IN5S. The van der Waals surface area contributed by atoms with Crippen LogP contribution in [-0.2, 0) is 19.5 Å². The highest BCUT2D eigenvalue weighted by Gasteiger charge is 2.05. The molecule has 1 aromatic carbocycles. The van der Waals surface area contributed by atoms with Gasteiger partial charge in [-0.25, -0.2) is 9.98 Å². The zero-order valence-electron chi connectivity index (χ0n) is 18.4. The lowest BCUT2D eigenvalue weighted by atomic mass is 10.1. The molecule has 0 atom stereocenters. The summed E-state index contributed by atoms with van der Waals surface area (Å²) in [6.07, 6.45) is 0.920. The fourth-order valence-electron chi connectivity index (χ4n) is 2.98. The Morgan fingerprint density at radius 1 is 1.10 bits per heavy atom. The van der Waals surface area contributed by atoms with Gasteiger partial charge >= 0.3 is 0 Å². The predicted molar refractivity (Wildman–Crippen MR) is 137 cm³/mol. The van der Waals surface area contributed by atoms with Gasteiger partial charge in [-0.05, 0) is 45.0 Å². The van der Waals surface area contributed by atoms with E-state index in [0.717, 1.165) is 50.8 Å². The fourth-order valence-corrected chi connectivity index (χ4v) is 3.91. The van der Waals surface area contributed by atoms with Crippen LogP contribution in [0.1, 0.15) is 47.5 Å². The van der Waals surface area contributed by atoms with Gasteiger partial charge < -0.3 is 10.6 Å². The Kier molecular flexibility index (Phi) is 12.4. The average Bonchev–Trinajstić information content (AvgIpc) is 3.02. The van der Waals surface area contributed by atoms with Crippen molar-refractivity contribution in [2.24, 2.45) is 4.99 Å². The molecule has 0 bridgehead atoms. The zero-order chi connectivity index (χ0) is 20.4. The van der Waals surface area contributed by atoms with Crippen LogP contribution in [0.2, 0.25) is 0 Å². The number of aromatic nitrogens is 1. The lowest BCUT2D eigenvalue weighted by Gasteiger charge is -2.18. The highest BCUT2D eigenvalue weighted by Crippen LogP contribution is 2.16. The highest BCUT2D eigenvalue weighted by molar-refractivity contribution is 14.0. The van der Waals surface area contributed by atoms with Crippen molar-refractivity contribution in [1.29, 1.82) is 0 Å². The van der Waals surface area contributed by atoms with Crippen LogP contribution in [0.4, 0.5) is 0 Å². The second-order valence-electron chi connectivity index (χ2n) is 6.90. The van der Waals surface area contributed by atoms with Gasteiger partial charge in [-0.3, -0.25) is 4.90 Å². The Labute approximate surface area is 197 Å². The number of nitrogens with zero attached hydrogens (tertiary/aromatic N) is 3. The van der Waals surface area contributed by atoms with Crippen LogP contribution in [0.15, 0.2) is 29.3 Å². The van der Waals surface area contributed by atoms with Gasteiger partial charge in [-0.15, -0.1) is 35.3 Å². The van der Waals surface area contributed by atoms with Crippen molar-refractivity contribution < 1.29 is 0 Å². The largest absolute Gasteiger partial charge is 0.357 e. The summed E-state index contributed by atoms with van der Waals surface area (Å²) >= 11 is 1.78. The first-order chi connectivity index (χ1) is 13.5. The van der Waals surface area contributed by atoms with E-state index in [9.17, 15) is 0 Å². The molecule has 162 valence electrons. The predicted octanol–water partition coefficient (Wildman–Crippen LogP) is 4.52. The molecular weight excluding hydrogens is 493 g/mol. The van der Waals surface area contributed by atoms with Gasteiger partial charge in [-0.1, -0.05) is 38.1 Å². The van der Waals surface area contributed by atoms with Crippen molar-refractivity contribution in [1.82, 2.24) is 20.5 Å². The van der Waals surface area contributed by atoms with Crippen LogP contribution in [0.25, 0.3) is 0 Å². The van der Waals surface area contributed by atoms with Gasteiger partial charge in [0, 0.05) is 30.9 Å². The summed E-state index contributed by atoms with van der Waals surface area (Å²) in [4.78, 5) is 13.1. The SMILES string of the molecule is CCNC(=NCc1cccc(CN(CC)CC)c1)NCCc1nc(C)c(C)s1.I. The van der Waals surface area contributed by atoms with E-state index in [1.807, 2.05) is 0 Å². The minimum atomic E-state index is 0. The van der Waals surface area contributed by atoms with E-state index < -0.39 is 0 Å². The van der Waals surface area contributed by atoms with Crippen LogP contribution in [0.3, 0.4) is 0 Å². The van der Waals surface area contributed by atoms with E-state index in [0.29, 0.717) is 6.54 Å². The first-order valence-electron chi connectivity index (χ1n) is 10.3. The van der Waals surface area contributed by atoms with E-state index in [1.165, 1.54) is 21.0 Å². The first kappa shape index (κ1) is 25.8. The lowest BCUT2D eigenvalue weighted by Crippen LogP contribution is -2.38. The Balaban J connectivity index is 0.00000420. The number of hydrogen-bond acceptors (Lipinski definition) is 4. The van der Waals surface area contributed by atoms with Gasteiger partial charge in [0.25, 0.3) is 0 Å². The molecule has 0 saturated heterocycles. The molecule has 29 heavy (non-hydrogen) atoms. The van der Waals surface area contributed by atoms with Crippen molar-refractivity contribution in [3.63, 3.8) is 0 Å². The zero-order valence-corrected chi connectivity index (χ0v) is 21.6. The molecule has 7 heteroatoms. The number of thiazole rings is 1. The molecule has 0 saturated carbocycles. The molecule has 2 N–H and O–H groups in total. The quantitative estimate of drug-likeness (QED) is 0.270. The van der Waals surface area contributed by atoms with Crippen molar-refractivity contribution in [2.75, 3.05) is 26.2 Å². The Morgan fingerprint density at radius 3 is 2.45 bits per heavy atom. The van der Waals surface area contributed by atoms with Crippen LogP contribution < -0.4 is 10.6 Å². The van der Waals surface area contributed by atoms with Crippen molar-refractivity contribution in [2.45, 2.75) is 54.1 Å². The Bertz CT molecular complexity index is 736. The molecule has 1 aromatic heterocycles. The van der Waals surface area contributed by atoms with Crippen LogP contribution in [0, 0.1) is 13.8 Å².